The first-order valence-electron chi connectivity index (χ1n) is 8.32. The number of furan rings is 1. The lowest BCUT2D eigenvalue weighted by Gasteiger charge is -2.30. The van der Waals surface area contributed by atoms with Crippen LogP contribution in [0.1, 0.15) is 23.2 Å². The van der Waals surface area contributed by atoms with Gasteiger partial charge in [-0.1, -0.05) is 6.07 Å². The van der Waals surface area contributed by atoms with Crippen LogP contribution in [0.4, 0.5) is 5.13 Å². The van der Waals surface area contributed by atoms with E-state index in [4.69, 9.17) is 4.42 Å². The molecule has 3 aromatic heterocycles. The van der Waals surface area contributed by atoms with E-state index in [0.717, 1.165) is 10.6 Å². The fourth-order valence-corrected chi connectivity index (χ4v) is 4.46. The van der Waals surface area contributed by atoms with Crippen molar-refractivity contribution in [1.82, 2.24) is 9.88 Å². The molecule has 134 valence electrons. The van der Waals surface area contributed by atoms with Crippen LogP contribution >= 0.6 is 22.7 Å². The van der Waals surface area contributed by atoms with E-state index in [-0.39, 0.29) is 17.7 Å². The van der Waals surface area contributed by atoms with E-state index in [2.05, 4.69) is 10.3 Å². The SMILES string of the molecule is O=C(Nc1nc(-c2cccs2)cs1)C1CCN(C(=O)c2ccoc2)CC1. The number of hydrogen-bond acceptors (Lipinski definition) is 6. The summed E-state index contributed by atoms with van der Waals surface area (Å²) in [5.41, 5.74) is 1.44. The van der Waals surface area contributed by atoms with Crippen molar-refractivity contribution in [2.24, 2.45) is 5.92 Å². The van der Waals surface area contributed by atoms with Gasteiger partial charge in [-0.05, 0) is 30.4 Å². The first-order valence-corrected chi connectivity index (χ1v) is 10.1. The number of likely N-dealkylation sites (tertiary alicyclic amines) is 1. The molecule has 8 heteroatoms. The van der Waals surface area contributed by atoms with Gasteiger partial charge in [0.1, 0.15) is 6.26 Å². The maximum absolute atomic E-state index is 12.5. The number of carbonyl (C=O) groups excluding carboxylic acids is 2. The molecule has 0 aromatic carbocycles. The summed E-state index contributed by atoms with van der Waals surface area (Å²) in [5.74, 6) is -0.164. The minimum Gasteiger partial charge on any atom is -0.472 e. The number of thiophene rings is 1. The Morgan fingerprint density at radius 1 is 1.23 bits per heavy atom. The smallest absolute Gasteiger partial charge is 0.257 e. The van der Waals surface area contributed by atoms with Crippen LogP contribution in [0.3, 0.4) is 0 Å². The van der Waals surface area contributed by atoms with Crippen molar-refractivity contribution in [3.8, 4) is 10.6 Å². The highest BCUT2D eigenvalue weighted by molar-refractivity contribution is 7.16. The van der Waals surface area contributed by atoms with Gasteiger partial charge in [-0.2, -0.15) is 0 Å². The third-order valence-corrected chi connectivity index (χ3v) is 6.08. The Morgan fingerprint density at radius 3 is 2.77 bits per heavy atom. The van der Waals surface area contributed by atoms with E-state index in [9.17, 15) is 9.59 Å². The topological polar surface area (TPSA) is 75.4 Å². The summed E-state index contributed by atoms with van der Waals surface area (Å²) in [6, 6.07) is 5.66. The van der Waals surface area contributed by atoms with Crippen molar-refractivity contribution >= 4 is 39.6 Å². The number of aromatic nitrogens is 1. The first-order chi connectivity index (χ1) is 12.7. The first kappa shape index (κ1) is 17.0. The molecule has 4 heterocycles. The zero-order valence-corrected chi connectivity index (χ0v) is 15.5. The predicted octanol–water partition coefficient (Wildman–Crippen LogP) is 3.96. The lowest BCUT2D eigenvalue weighted by atomic mass is 9.95. The quantitative estimate of drug-likeness (QED) is 0.735. The summed E-state index contributed by atoms with van der Waals surface area (Å²) in [6.45, 7) is 1.14. The van der Waals surface area contributed by atoms with E-state index >= 15 is 0 Å². The Labute approximate surface area is 158 Å². The van der Waals surface area contributed by atoms with Crippen LogP contribution in [0, 0.1) is 5.92 Å². The minimum absolute atomic E-state index is 0.0208. The number of nitrogens with zero attached hydrogens (tertiary/aromatic N) is 2. The third-order valence-electron chi connectivity index (χ3n) is 4.43. The van der Waals surface area contributed by atoms with Gasteiger partial charge in [0.25, 0.3) is 5.91 Å². The maximum Gasteiger partial charge on any atom is 0.257 e. The molecule has 0 radical (unpaired) electrons. The van der Waals surface area contributed by atoms with E-state index in [0.29, 0.717) is 36.6 Å². The van der Waals surface area contributed by atoms with E-state index < -0.39 is 0 Å². The molecule has 0 bridgehead atoms. The second-order valence-corrected chi connectivity index (χ2v) is 7.89. The molecular weight excluding hydrogens is 370 g/mol. The normalized spacial score (nSPS) is 15.2. The van der Waals surface area contributed by atoms with Gasteiger partial charge in [-0.15, -0.1) is 22.7 Å². The Morgan fingerprint density at radius 2 is 2.08 bits per heavy atom. The van der Waals surface area contributed by atoms with Gasteiger partial charge in [0, 0.05) is 24.4 Å². The summed E-state index contributed by atoms with van der Waals surface area (Å²) in [5, 5.41) is 7.50. The summed E-state index contributed by atoms with van der Waals surface area (Å²) < 4.78 is 4.96. The number of piperidine rings is 1. The number of amides is 2. The largest absolute Gasteiger partial charge is 0.472 e. The molecule has 1 N–H and O–H groups in total. The van der Waals surface area contributed by atoms with Crippen molar-refractivity contribution in [1.29, 1.82) is 0 Å². The summed E-state index contributed by atoms with van der Waals surface area (Å²) in [6.07, 6.45) is 4.25. The molecule has 1 aliphatic heterocycles. The van der Waals surface area contributed by atoms with E-state index in [1.807, 2.05) is 22.9 Å². The lowest BCUT2D eigenvalue weighted by Crippen LogP contribution is -2.41. The molecule has 0 aliphatic carbocycles. The second-order valence-electron chi connectivity index (χ2n) is 6.08. The van der Waals surface area contributed by atoms with Gasteiger partial charge >= 0.3 is 0 Å². The average molecular weight is 387 g/mol. The number of anilines is 1. The third kappa shape index (κ3) is 3.56. The van der Waals surface area contributed by atoms with E-state index in [1.165, 1.54) is 23.9 Å². The van der Waals surface area contributed by atoms with Crippen LogP contribution in [-0.2, 0) is 4.79 Å². The van der Waals surface area contributed by atoms with Crippen molar-refractivity contribution < 1.29 is 14.0 Å². The minimum atomic E-state index is -0.0995. The molecule has 0 unspecified atom stereocenters. The van der Waals surface area contributed by atoms with Gasteiger partial charge in [0.15, 0.2) is 5.13 Å². The molecule has 0 atom stereocenters. The standard InChI is InChI=1S/C18H17N3O3S2/c22-16(20-18-19-14(11-26-18)15-2-1-9-25-15)12-3-6-21(7-4-12)17(23)13-5-8-24-10-13/h1-2,5,8-12H,3-4,6-7H2,(H,19,20,22). The van der Waals surface area contributed by atoms with Crippen LogP contribution in [0.25, 0.3) is 10.6 Å². The molecule has 2 amide bonds. The van der Waals surface area contributed by atoms with Crippen molar-refractivity contribution in [2.75, 3.05) is 18.4 Å². The molecule has 26 heavy (non-hydrogen) atoms. The predicted molar refractivity (Wildman–Crippen MR) is 101 cm³/mol. The van der Waals surface area contributed by atoms with Crippen molar-refractivity contribution in [2.45, 2.75) is 12.8 Å². The van der Waals surface area contributed by atoms with Crippen LogP contribution < -0.4 is 5.32 Å². The molecular formula is C18H17N3O3S2. The average Bonchev–Trinajstić information content (AvgIpc) is 3.42. The Hall–Kier alpha value is -2.45. The molecule has 0 saturated carbocycles. The highest BCUT2D eigenvalue weighted by atomic mass is 32.1. The second kappa shape index (κ2) is 7.43. The van der Waals surface area contributed by atoms with Crippen LogP contribution in [0.15, 0.2) is 45.9 Å². The number of thiazole rings is 1. The fourth-order valence-electron chi connectivity index (χ4n) is 2.99. The molecule has 1 aliphatic rings. The number of nitrogens with one attached hydrogen (secondary N) is 1. The van der Waals surface area contributed by atoms with Gasteiger partial charge in [0.05, 0.1) is 22.4 Å². The number of carbonyl (C=O) groups is 2. The zero-order chi connectivity index (χ0) is 17.9. The highest BCUT2D eigenvalue weighted by Crippen LogP contribution is 2.29. The lowest BCUT2D eigenvalue weighted by molar-refractivity contribution is -0.121. The van der Waals surface area contributed by atoms with Crippen molar-refractivity contribution in [3.63, 3.8) is 0 Å². The summed E-state index contributed by atoms with van der Waals surface area (Å²) in [7, 11) is 0. The molecule has 1 fully saturated rings. The fraction of sp³-hybridized carbons (Fsp3) is 0.278. The Bertz CT molecular complexity index is 879. The Balaban J connectivity index is 1.32. The van der Waals surface area contributed by atoms with Crippen molar-refractivity contribution in [3.05, 3.63) is 47.0 Å². The zero-order valence-electron chi connectivity index (χ0n) is 13.9. The Kier molecular flexibility index (Phi) is 4.85. The van der Waals surface area contributed by atoms with Crippen LogP contribution in [0.5, 0.6) is 0 Å². The molecule has 1 saturated heterocycles. The van der Waals surface area contributed by atoms with Gasteiger partial charge in [0.2, 0.25) is 5.91 Å². The highest BCUT2D eigenvalue weighted by Gasteiger charge is 2.28. The summed E-state index contributed by atoms with van der Waals surface area (Å²) in [4.78, 5) is 32.2. The number of rotatable bonds is 4. The van der Waals surface area contributed by atoms with Crippen LogP contribution in [-0.4, -0.2) is 34.8 Å². The molecule has 0 spiro atoms. The van der Waals surface area contributed by atoms with E-state index in [1.54, 1.807) is 22.3 Å². The molecule has 4 rings (SSSR count). The summed E-state index contributed by atoms with van der Waals surface area (Å²) >= 11 is 3.06. The molecule has 6 nitrogen and oxygen atoms in total. The van der Waals surface area contributed by atoms with Crippen LogP contribution in [0.2, 0.25) is 0 Å². The van der Waals surface area contributed by atoms with Gasteiger partial charge < -0.3 is 14.6 Å². The maximum atomic E-state index is 12.5. The molecule has 3 aromatic rings. The monoisotopic (exact) mass is 387 g/mol. The number of hydrogen-bond donors (Lipinski definition) is 1. The van der Waals surface area contributed by atoms with Gasteiger partial charge in [-0.25, -0.2) is 4.98 Å². The van der Waals surface area contributed by atoms with Gasteiger partial charge in [-0.3, -0.25) is 9.59 Å².